The molecule has 0 amide bonds. The standard InChI is InChI=1S/C8H10N2O3/c1-13-8-9-4-2-5-10(8)6-3-7(11)12/h2-6,8H,1H3,(H,11,12). The lowest BCUT2D eigenvalue weighted by molar-refractivity contribution is -0.131. The Morgan fingerprint density at radius 2 is 2.54 bits per heavy atom. The van der Waals surface area contributed by atoms with Crippen LogP contribution in [0.2, 0.25) is 0 Å². The fraction of sp³-hybridized carbons (Fsp3) is 0.250. The summed E-state index contributed by atoms with van der Waals surface area (Å²) in [7, 11) is 1.50. The number of hydrogen-bond donors (Lipinski definition) is 1. The number of carboxylic acid groups (broad SMARTS) is 1. The van der Waals surface area contributed by atoms with E-state index in [0.29, 0.717) is 0 Å². The highest BCUT2D eigenvalue weighted by atomic mass is 16.5. The minimum atomic E-state index is -1.00. The normalized spacial score (nSPS) is 21.3. The van der Waals surface area contributed by atoms with E-state index in [9.17, 15) is 4.79 Å². The minimum absolute atomic E-state index is 0.472. The van der Waals surface area contributed by atoms with Crippen LogP contribution in [-0.2, 0) is 9.53 Å². The number of hydrogen-bond acceptors (Lipinski definition) is 4. The van der Waals surface area contributed by atoms with Crippen molar-refractivity contribution in [3.8, 4) is 0 Å². The third-order valence-electron chi connectivity index (χ3n) is 1.41. The van der Waals surface area contributed by atoms with Gasteiger partial charge in [-0.15, -0.1) is 0 Å². The van der Waals surface area contributed by atoms with E-state index in [2.05, 4.69) is 4.99 Å². The van der Waals surface area contributed by atoms with Crippen LogP contribution in [0.25, 0.3) is 0 Å². The highest BCUT2D eigenvalue weighted by molar-refractivity contribution is 5.79. The largest absolute Gasteiger partial charge is 0.478 e. The van der Waals surface area contributed by atoms with E-state index >= 15 is 0 Å². The van der Waals surface area contributed by atoms with Gasteiger partial charge in [0.15, 0.2) is 0 Å². The van der Waals surface area contributed by atoms with Crippen molar-refractivity contribution < 1.29 is 14.6 Å². The van der Waals surface area contributed by atoms with Gasteiger partial charge >= 0.3 is 5.97 Å². The van der Waals surface area contributed by atoms with Crippen molar-refractivity contribution in [1.29, 1.82) is 0 Å². The van der Waals surface area contributed by atoms with Gasteiger partial charge in [0.1, 0.15) is 0 Å². The van der Waals surface area contributed by atoms with Gasteiger partial charge in [0.25, 0.3) is 0 Å². The Morgan fingerprint density at radius 3 is 3.15 bits per heavy atom. The second kappa shape index (κ2) is 4.42. The summed E-state index contributed by atoms with van der Waals surface area (Å²) in [4.78, 5) is 15.7. The van der Waals surface area contributed by atoms with Crippen LogP contribution in [0.3, 0.4) is 0 Å². The molecule has 1 aliphatic rings. The van der Waals surface area contributed by atoms with Crippen molar-refractivity contribution in [3.05, 3.63) is 24.6 Å². The van der Waals surface area contributed by atoms with E-state index in [1.54, 1.807) is 23.4 Å². The van der Waals surface area contributed by atoms with Gasteiger partial charge in [0, 0.05) is 31.8 Å². The summed E-state index contributed by atoms with van der Waals surface area (Å²) in [5.74, 6) is -1.00. The van der Waals surface area contributed by atoms with Crippen LogP contribution < -0.4 is 0 Å². The zero-order chi connectivity index (χ0) is 9.68. The van der Waals surface area contributed by atoms with Gasteiger partial charge in [-0.1, -0.05) is 0 Å². The maximum Gasteiger partial charge on any atom is 0.329 e. The predicted octanol–water partition coefficient (Wildman–Crippen LogP) is 0.415. The number of nitrogens with zero attached hydrogens (tertiary/aromatic N) is 2. The molecule has 0 aromatic heterocycles. The topological polar surface area (TPSA) is 62.1 Å². The Bertz CT molecular complexity index is 271. The fourth-order valence-electron chi connectivity index (χ4n) is 0.868. The molecule has 5 heteroatoms. The monoisotopic (exact) mass is 182 g/mol. The molecule has 0 spiro atoms. The average molecular weight is 182 g/mol. The van der Waals surface area contributed by atoms with E-state index in [0.717, 1.165) is 6.08 Å². The third-order valence-corrected chi connectivity index (χ3v) is 1.41. The molecule has 0 saturated heterocycles. The smallest absolute Gasteiger partial charge is 0.329 e. The number of methoxy groups -OCH3 is 1. The van der Waals surface area contributed by atoms with Gasteiger partial charge in [-0.3, -0.25) is 0 Å². The number of aliphatic carboxylic acids is 1. The molecule has 0 radical (unpaired) electrons. The zero-order valence-corrected chi connectivity index (χ0v) is 7.12. The molecule has 13 heavy (non-hydrogen) atoms. The predicted molar refractivity (Wildman–Crippen MR) is 47.0 cm³/mol. The van der Waals surface area contributed by atoms with Gasteiger partial charge in [0.05, 0.1) is 0 Å². The molecule has 70 valence electrons. The van der Waals surface area contributed by atoms with Crippen LogP contribution in [0.5, 0.6) is 0 Å². The van der Waals surface area contributed by atoms with Crippen LogP contribution in [0, 0.1) is 0 Å². The number of carbonyl (C=O) groups is 1. The molecule has 1 N–H and O–H groups in total. The van der Waals surface area contributed by atoms with Gasteiger partial charge in [0.2, 0.25) is 6.35 Å². The highest BCUT2D eigenvalue weighted by Crippen LogP contribution is 2.07. The fourth-order valence-corrected chi connectivity index (χ4v) is 0.868. The lowest BCUT2D eigenvalue weighted by Crippen LogP contribution is -2.28. The maximum absolute atomic E-state index is 10.2. The Labute approximate surface area is 75.6 Å². The van der Waals surface area contributed by atoms with E-state index < -0.39 is 12.3 Å². The molecule has 0 aliphatic carbocycles. The SMILES string of the molecule is COC1N=CC=CN1C=CC(=O)O. The van der Waals surface area contributed by atoms with Crippen molar-refractivity contribution in [1.82, 2.24) is 4.90 Å². The molecule has 1 aliphatic heterocycles. The van der Waals surface area contributed by atoms with Crippen molar-refractivity contribution in [2.75, 3.05) is 7.11 Å². The molecule has 1 rings (SSSR count). The lowest BCUT2D eigenvalue weighted by Gasteiger charge is -2.23. The maximum atomic E-state index is 10.2. The quantitative estimate of drug-likeness (QED) is 0.642. The van der Waals surface area contributed by atoms with E-state index in [4.69, 9.17) is 9.84 Å². The summed E-state index contributed by atoms with van der Waals surface area (Å²) in [5, 5.41) is 8.39. The summed E-state index contributed by atoms with van der Waals surface area (Å²) in [6.07, 6.45) is 6.92. The first kappa shape index (κ1) is 9.47. The Morgan fingerprint density at radius 1 is 1.77 bits per heavy atom. The van der Waals surface area contributed by atoms with E-state index in [1.165, 1.54) is 13.3 Å². The molecule has 0 bridgehead atoms. The van der Waals surface area contributed by atoms with Crippen molar-refractivity contribution in [3.63, 3.8) is 0 Å². The number of carboxylic acids is 1. The van der Waals surface area contributed by atoms with Crippen LogP contribution in [0.1, 0.15) is 0 Å². The first-order valence-electron chi connectivity index (χ1n) is 3.65. The summed E-state index contributed by atoms with van der Waals surface area (Å²) >= 11 is 0. The van der Waals surface area contributed by atoms with E-state index in [1.807, 2.05) is 0 Å². The minimum Gasteiger partial charge on any atom is -0.478 e. The molecule has 1 atom stereocenters. The van der Waals surface area contributed by atoms with Crippen molar-refractivity contribution in [2.24, 2.45) is 4.99 Å². The summed E-state index contributed by atoms with van der Waals surface area (Å²) in [6, 6.07) is 0. The second-order valence-corrected chi connectivity index (χ2v) is 2.30. The van der Waals surface area contributed by atoms with Crippen LogP contribution in [0.4, 0.5) is 0 Å². The van der Waals surface area contributed by atoms with Crippen LogP contribution in [-0.4, -0.2) is 35.7 Å². The number of allylic oxidation sites excluding steroid dienone is 1. The van der Waals surface area contributed by atoms with Crippen molar-refractivity contribution in [2.45, 2.75) is 6.35 Å². The number of ether oxygens (including phenoxy) is 1. The van der Waals surface area contributed by atoms with Crippen LogP contribution >= 0.6 is 0 Å². The molecule has 1 unspecified atom stereocenters. The van der Waals surface area contributed by atoms with Gasteiger partial charge in [-0.05, 0) is 6.08 Å². The first-order chi connectivity index (χ1) is 6.24. The number of rotatable bonds is 3. The molecular weight excluding hydrogens is 172 g/mol. The second-order valence-electron chi connectivity index (χ2n) is 2.30. The Kier molecular flexibility index (Phi) is 3.22. The molecule has 5 nitrogen and oxygen atoms in total. The van der Waals surface area contributed by atoms with Gasteiger partial charge in [-0.2, -0.15) is 0 Å². The Hall–Kier alpha value is -1.62. The lowest BCUT2D eigenvalue weighted by atomic mass is 10.5. The van der Waals surface area contributed by atoms with Crippen molar-refractivity contribution >= 4 is 12.2 Å². The van der Waals surface area contributed by atoms with E-state index in [-0.39, 0.29) is 0 Å². The number of aliphatic imine (C=N–C) groups is 1. The first-order valence-corrected chi connectivity index (χ1v) is 3.65. The highest BCUT2D eigenvalue weighted by Gasteiger charge is 2.11. The molecular formula is C8H10N2O3. The molecule has 0 aromatic rings. The molecule has 0 saturated carbocycles. The Balaban J connectivity index is 2.62. The summed E-state index contributed by atoms with van der Waals surface area (Å²) in [6.45, 7) is 0. The molecule has 0 aromatic carbocycles. The van der Waals surface area contributed by atoms with Gasteiger partial charge < -0.3 is 14.7 Å². The average Bonchev–Trinajstić information content (AvgIpc) is 2.15. The van der Waals surface area contributed by atoms with Gasteiger partial charge in [-0.25, -0.2) is 9.79 Å². The molecule has 1 heterocycles. The third kappa shape index (κ3) is 2.72. The summed E-state index contributed by atoms with van der Waals surface area (Å²) < 4.78 is 4.97. The zero-order valence-electron chi connectivity index (χ0n) is 7.12. The summed E-state index contributed by atoms with van der Waals surface area (Å²) in [5.41, 5.74) is 0. The van der Waals surface area contributed by atoms with Crippen LogP contribution in [0.15, 0.2) is 29.5 Å². The molecule has 0 fully saturated rings.